The van der Waals surface area contributed by atoms with Crippen LogP contribution < -0.4 is 25.8 Å². The minimum absolute atomic E-state index is 0.0485. The van der Waals surface area contributed by atoms with E-state index in [4.69, 9.17) is 15.2 Å². The summed E-state index contributed by atoms with van der Waals surface area (Å²) in [5.41, 5.74) is 9.94. The number of carbonyl (C=O) groups is 1. The highest BCUT2D eigenvalue weighted by Gasteiger charge is 2.13. The quantitative estimate of drug-likeness (QED) is 0.322. The van der Waals surface area contributed by atoms with Gasteiger partial charge in [0.2, 0.25) is 0 Å². The van der Waals surface area contributed by atoms with Gasteiger partial charge in [-0.1, -0.05) is 6.07 Å². The minimum atomic E-state index is -0.233. The van der Waals surface area contributed by atoms with Crippen LogP contribution in [0.4, 0.5) is 11.5 Å². The van der Waals surface area contributed by atoms with E-state index in [-0.39, 0.29) is 11.9 Å². The number of methoxy groups -OCH3 is 2. The Hall–Kier alpha value is -4.04. The van der Waals surface area contributed by atoms with Gasteiger partial charge in [-0.2, -0.15) is 5.10 Å². The first-order valence-corrected chi connectivity index (χ1v) is 10.6. The Morgan fingerprint density at radius 1 is 1.00 bits per heavy atom. The summed E-state index contributed by atoms with van der Waals surface area (Å²) in [4.78, 5) is 12.7. The number of nitrogens with zero attached hydrogens (tertiary/aromatic N) is 1. The molecule has 0 radical (unpaired) electrons. The van der Waals surface area contributed by atoms with Crippen LogP contribution in [-0.2, 0) is 0 Å². The summed E-state index contributed by atoms with van der Waals surface area (Å²) in [7, 11) is 3.24. The third-order valence-corrected chi connectivity index (χ3v) is 5.25. The van der Waals surface area contributed by atoms with E-state index in [0.717, 1.165) is 27.7 Å². The molecule has 3 aromatic carbocycles. The lowest BCUT2D eigenvalue weighted by Crippen LogP contribution is -2.25. The van der Waals surface area contributed by atoms with Crippen molar-refractivity contribution < 1.29 is 14.3 Å². The molecule has 0 bridgehead atoms. The van der Waals surface area contributed by atoms with Crippen LogP contribution >= 0.6 is 0 Å². The first kappa shape index (κ1) is 22.2. The average molecular weight is 446 g/mol. The number of amides is 1. The second-order valence-corrected chi connectivity index (χ2v) is 7.82. The summed E-state index contributed by atoms with van der Waals surface area (Å²) >= 11 is 0. The smallest absolute Gasteiger partial charge is 0.256 e. The zero-order valence-electron chi connectivity index (χ0n) is 18.8. The van der Waals surface area contributed by atoms with Crippen molar-refractivity contribution >= 4 is 28.3 Å². The Morgan fingerprint density at radius 2 is 1.70 bits per heavy atom. The van der Waals surface area contributed by atoms with Gasteiger partial charge in [0.15, 0.2) is 5.82 Å². The summed E-state index contributed by atoms with van der Waals surface area (Å²) in [6.07, 6.45) is 0. The molecule has 0 unspecified atom stereocenters. The maximum absolute atomic E-state index is 12.7. The molecule has 1 aromatic heterocycles. The van der Waals surface area contributed by atoms with Gasteiger partial charge in [-0.15, -0.1) is 0 Å². The molecule has 0 saturated carbocycles. The van der Waals surface area contributed by atoms with Crippen LogP contribution in [0.25, 0.3) is 22.0 Å². The fourth-order valence-corrected chi connectivity index (χ4v) is 3.47. The molecule has 0 aliphatic rings. The molecule has 0 fully saturated rings. The van der Waals surface area contributed by atoms with E-state index in [1.54, 1.807) is 26.4 Å². The normalized spacial score (nSPS) is 11.8. The van der Waals surface area contributed by atoms with Gasteiger partial charge in [-0.05, 0) is 66.6 Å². The zero-order valence-corrected chi connectivity index (χ0v) is 18.8. The molecule has 1 heterocycles. The number of anilines is 2. The molecule has 4 rings (SSSR count). The second kappa shape index (κ2) is 9.62. The number of carbonyl (C=O) groups excluding carboxylic acids is 1. The Labute approximate surface area is 192 Å². The molecule has 8 nitrogen and oxygen atoms in total. The maximum Gasteiger partial charge on any atom is 0.256 e. The molecular formula is C25H27N5O3. The highest BCUT2D eigenvalue weighted by atomic mass is 16.5. The molecule has 8 heteroatoms. The highest BCUT2D eigenvalue weighted by Crippen LogP contribution is 2.32. The molecule has 4 aromatic rings. The number of hydrogen-bond acceptors (Lipinski definition) is 6. The van der Waals surface area contributed by atoms with E-state index in [2.05, 4.69) is 20.8 Å². The van der Waals surface area contributed by atoms with E-state index in [1.807, 2.05) is 55.5 Å². The molecule has 1 atom stereocenters. The van der Waals surface area contributed by atoms with Crippen LogP contribution in [0, 0.1) is 0 Å². The van der Waals surface area contributed by atoms with Gasteiger partial charge in [0.1, 0.15) is 11.5 Å². The third-order valence-electron chi connectivity index (χ3n) is 5.25. The minimum Gasteiger partial charge on any atom is -0.497 e. The topological polar surface area (TPSA) is 114 Å². The van der Waals surface area contributed by atoms with Crippen LogP contribution in [-0.4, -0.2) is 42.9 Å². The summed E-state index contributed by atoms with van der Waals surface area (Å²) < 4.78 is 10.7. The van der Waals surface area contributed by atoms with E-state index in [9.17, 15) is 4.79 Å². The van der Waals surface area contributed by atoms with Gasteiger partial charge in [0, 0.05) is 35.3 Å². The van der Waals surface area contributed by atoms with E-state index < -0.39 is 0 Å². The molecule has 170 valence electrons. The monoisotopic (exact) mass is 445 g/mol. The van der Waals surface area contributed by atoms with Gasteiger partial charge >= 0.3 is 0 Å². The van der Waals surface area contributed by atoms with E-state index in [0.29, 0.717) is 29.4 Å². The van der Waals surface area contributed by atoms with Crippen molar-refractivity contribution in [3.63, 3.8) is 0 Å². The lowest BCUT2D eigenvalue weighted by atomic mass is 10.0. The molecule has 0 spiro atoms. The SMILES string of the molecule is COc1cc(OC)cc(-c2ccc3c(NC(=O)c4ccc(NC[C@@H](C)N)cc4)n[nH]c3c2)c1. The van der Waals surface area contributed by atoms with Gasteiger partial charge in [-0.25, -0.2) is 0 Å². The average Bonchev–Trinajstić information content (AvgIpc) is 3.24. The van der Waals surface area contributed by atoms with Crippen molar-refractivity contribution in [3.8, 4) is 22.6 Å². The first-order valence-electron chi connectivity index (χ1n) is 10.6. The first-order chi connectivity index (χ1) is 16.0. The Morgan fingerprint density at radius 3 is 2.33 bits per heavy atom. The maximum atomic E-state index is 12.7. The van der Waals surface area contributed by atoms with Crippen LogP contribution in [0.2, 0.25) is 0 Å². The molecule has 33 heavy (non-hydrogen) atoms. The van der Waals surface area contributed by atoms with Gasteiger partial charge in [0.25, 0.3) is 5.91 Å². The number of aromatic nitrogens is 2. The summed E-state index contributed by atoms with van der Waals surface area (Å²) in [5.74, 6) is 1.66. The van der Waals surface area contributed by atoms with Crippen LogP contribution in [0.5, 0.6) is 11.5 Å². The lowest BCUT2D eigenvalue weighted by molar-refractivity contribution is 0.102. The molecule has 0 aliphatic carbocycles. The predicted octanol–water partition coefficient (Wildman–Crippen LogP) is 4.26. The van der Waals surface area contributed by atoms with Crippen molar-refractivity contribution in [2.75, 3.05) is 31.4 Å². The molecule has 1 amide bonds. The number of H-pyrrole nitrogens is 1. The fraction of sp³-hybridized carbons (Fsp3) is 0.200. The van der Waals surface area contributed by atoms with Crippen LogP contribution in [0.15, 0.2) is 60.7 Å². The number of aromatic amines is 1. The van der Waals surface area contributed by atoms with E-state index in [1.165, 1.54) is 0 Å². The number of nitrogens with two attached hydrogens (primary N) is 1. The number of ether oxygens (including phenoxy) is 2. The van der Waals surface area contributed by atoms with Crippen molar-refractivity contribution in [1.82, 2.24) is 10.2 Å². The van der Waals surface area contributed by atoms with Crippen molar-refractivity contribution in [3.05, 3.63) is 66.2 Å². The second-order valence-electron chi connectivity index (χ2n) is 7.82. The zero-order chi connectivity index (χ0) is 23.4. The van der Waals surface area contributed by atoms with E-state index >= 15 is 0 Å². The Bertz CT molecular complexity index is 1240. The molecule has 0 saturated heterocycles. The van der Waals surface area contributed by atoms with Crippen LogP contribution in [0.3, 0.4) is 0 Å². The summed E-state index contributed by atoms with van der Waals surface area (Å²) in [6.45, 7) is 2.59. The largest absolute Gasteiger partial charge is 0.497 e. The van der Waals surface area contributed by atoms with Crippen molar-refractivity contribution in [1.29, 1.82) is 0 Å². The van der Waals surface area contributed by atoms with Crippen LogP contribution in [0.1, 0.15) is 17.3 Å². The van der Waals surface area contributed by atoms with Crippen molar-refractivity contribution in [2.45, 2.75) is 13.0 Å². The number of hydrogen-bond donors (Lipinski definition) is 4. The number of fused-ring (bicyclic) bond motifs is 1. The number of rotatable bonds is 8. The Kier molecular flexibility index (Phi) is 6.46. The lowest BCUT2D eigenvalue weighted by Gasteiger charge is -2.10. The molecular weight excluding hydrogens is 418 g/mol. The number of benzene rings is 3. The fourth-order valence-electron chi connectivity index (χ4n) is 3.47. The standard InChI is InChI=1S/C25H27N5O3/c1-15(26)14-27-19-7-4-16(5-8-19)25(31)28-24-22-9-6-17(12-23(22)29-30-24)18-10-20(32-2)13-21(11-18)33-3/h4-13,15,27H,14,26H2,1-3H3,(H2,28,29,30,31)/t15-/m1/s1. The predicted molar refractivity (Wildman–Crippen MR) is 131 cm³/mol. The Balaban J connectivity index is 1.53. The van der Waals surface area contributed by atoms with Gasteiger partial charge in [0.05, 0.1) is 19.7 Å². The van der Waals surface area contributed by atoms with Gasteiger partial charge in [-0.3, -0.25) is 9.89 Å². The molecule has 5 N–H and O–H groups in total. The number of nitrogens with one attached hydrogen (secondary N) is 3. The van der Waals surface area contributed by atoms with Gasteiger partial charge < -0.3 is 25.8 Å². The third kappa shape index (κ3) is 5.07. The summed E-state index contributed by atoms with van der Waals surface area (Å²) in [5, 5.41) is 14.2. The van der Waals surface area contributed by atoms with Crippen molar-refractivity contribution in [2.24, 2.45) is 5.73 Å². The summed E-state index contributed by atoms with van der Waals surface area (Å²) in [6, 6.07) is 18.9. The molecule has 0 aliphatic heterocycles. The highest BCUT2D eigenvalue weighted by molar-refractivity contribution is 6.08.